The molecule has 2 aromatic carbocycles. The molecule has 0 radical (unpaired) electrons. The van der Waals surface area contributed by atoms with E-state index in [2.05, 4.69) is 25.1 Å². The van der Waals surface area contributed by atoms with Crippen LogP contribution < -0.4 is 4.74 Å². The Kier molecular flexibility index (Phi) is 4.43. The zero-order valence-electron chi connectivity index (χ0n) is 10.7. The van der Waals surface area contributed by atoms with E-state index in [1.165, 1.54) is 5.56 Å². The maximum Gasteiger partial charge on any atom is 0.119 e. The molecule has 0 fully saturated rings. The van der Waals surface area contributed by atoms with Crippen molar-refractivity contribution in [1.82, 2.24) is 0 Å². The van der Waals surface area contributed by atoms with Crippen molar-refractivity contribution < 1.29 is 4.74 Å². The second kappa shape index (κ2) is 6.26. The van der Waals surface area contributed by atoms with E-state index in [0.717, 1.165) is 17.7 Å². The van der Waals surface area contributed by atoms with E-state index in [9.17, 15) is 0 Å². The Balaban J connectivity index is 2.04. The predicted octanol–water partition coefficient (Wildman–Crippen LogP) is 4.35. The van der Waals surface area contributed by atoms with Crippen LogP contribution in [0.3, 0.4) is 0 Å². The molecule has 0 spiro atoms. The monoisotopic (exact) mass is 271 g/mol. The van der Waals surface area contributed by atoms with Crippen LogP contribution >= 0.6 is 11.6 Å². The fraction of sp³-hybridized carbons (Fsp3) is 0.188. The number of hydrogen-bond acceptors (Lipinski definition) is 2. The molecule has 0 aliphatic rings. The first-order valence-corrected chi connectivity index (χ1v) is 6.51. The van der Waals surface area contributed by atoms with Crippen LogP contribution in [0.25, 0.3) is 0 Å². The molecular formula is C16H14ClNO. The van der Waals surface area contributed by atoms with Crippen molar-refractivity contribution in [2.24, 2.45) is 0 Å². The summed E-state index contributed by atoms with van der Waals surface area (Å²) < 4.78 is 5.68. The Hall–Kier alpha value is -1.98. The lowest BCUT2D eigenvalue weighted by Crippen LogP contribution is -1.96. The molecule has 0 heterocycles. The van der Waals surface area contributed by atoms with Crippen LogP contribution in [0.15, 0.2) is 42.5 Å². The Bertz CT molecular complexity index is 599. The highest BCUT2D eigenvalue weighted by Gasteiger charge is 2.03. The van der Waals surface area contributed by atoms with Gasteiger partial charge in [0.05, 0.1) is 11.6 Å². The smallest absolute Gasteiger partial charge is 0.119 e. The van der Waals surface area contributed by atoms with Crippen LogP contribution in [0.4, 0.5) is 0 Å². The number of ether oxygens (including phenoxy) is 1. The standard InChI is InChI=1S/C16H14ClNO/c1-2-12-4-7-15(8-5-12)19-11-14-6-3-13(10-18)9-16(14)17/h3-9H,2,11H2,1H3. The lowest BCUT2D eigenvalue weighted by molar-refractivity contribution is 0.306. The fourth-order valence-electron chi connectivity index (χ4n) is 1.72. The fourth-order valence-corrected chi connectivity index (χ4v) is 1.95. The average molecular weight is 272 g/mol. The Morgan fingerprint density at radius 2 is 1.89 bits per heavy atom. The first-order valence-electron chi connectivity index (χ1n) is 6.13. The van der Waals surface area contributed by atoms with Gasteiger partial charge in [0.15, 0.2) is 0 Å². The van der Waals surface area contributed by atoms with Gasteiger partial charge in [0.25, 0.3) is 0 Å². The van der Waals surface area contributed by atoms with Crippen LogP contribution in [-0.2, 0) is 13.0 Å². The lowest BCUT2D eigenvalue weighted by Gasteiger charge is -2.08. The number of nitriles is 1. The van der Waals surface area contributed by atoms with Gasteiger partial charge < -0.3 is 4.74 Å². The minimum Gasteiger partial charge on any atom is -0.489 e. The number of benzene rings is 2. The molecule has 2 aromatic rings. The molecule has 0 bridgehead atoms. The molecule has 0 N–H and O–H groups in total. The largest absolute Gasteiger partial charge is 0.489 e. The topological polar surface area (TPSA) is 33.0 Å². The van der Waals surface area contributed by atoms with E-state index < -0.39 is 0 Å². The van der Waals surface area contributed by atoms with Crippen molar-refractivity contribution in [2.75, 3.05) is 0 Å². The first-order chi connectivity index (χ1) is 9.22. The summed E-state index contributed by atoms with van der Waals surface area (Å²) in [4.78, 5) is 0. The highest BCUT2D eigenvalue weighted by atomic mass is 35.5. The molecular weight excluding hydrogens is 258 g/mol. The molecule has 96 valence electrons. The normalized spacial score (nSPS) is 9.95. The van der Waals surface area contributed by atoms with Crippen LogP contribution in [-0.4, -0.2) is 0 Å². The molecule has 19 heavy (non-hydrogen) atoms. The van der Waals surface area contributed by atoms with Gasteiger partial charge in [-0.2, -0.15) is 5.26 Å². The van der Waals surface area contributed by atoms with E-state index >= 15 is 0 Å². The van der Waals surface area contributed by atoms with E-state index in [1.54, 1.807) is 12.1 Å². The maximum atomic E-state index is 8.77. The summed E-state index contributed by atoms with van der Waals surface area (Å²) >= 11 is 6.09. The zero-order chi connectivity index (χ0) is 13.7. The third-order valence-corrected chi connectivity index (χ3v) is 3.26. The van der Waals surface area contributed by atoms with Gasteiger partial charge in [-0.3, -0.25) is 0 Å². The van der Waals surface area contributed by atoms with Crippen molar-refractivity contribution in [1.29, 1.82) is 5.26 Å². The van der Waals surface area contributed by atoms with Crippen molar-refractivity contribution >= 4 is 11.6 Å². The molecule has 0 atom stereocenters. The van der Waals surface area contributed by atoms with Crippen LogP contribution in [0.2, 0.25) is 5.02 Å². The highest BCUT2D eigenvalue weighted by Crippen LogP contribution is 2.20. The second-order valence-corrected chi connectivity index (χ2v) is 4.61. The molecule has 0 unspecified atom stereocenters. The van der Waals surface area contributed by atoms with Gasteiger partial charge in [0, 0.05) is 10.6 Å². The highest BCUT2D eigenvalue weighted by molar-refractivity contribution is 6.31. The van der Waals surface area contributed by atoms with Gasteiger partial charge in [-0.05, 0) is 36.2 Å². The molecule has 0 aliphatic carbocycles. The SMILES string of the molecule is CCc1ccc(OCc2ccc(C#N)cc2Cl)cc1. The second-order valence-electron chi connectivity index (χ2n) is 4.20. The van der Waals surface area contributed by atoms with Gasteiger partial charge in [0.1, 0.15) is 12.4 Å². The molecule has 3 heteroatoms. The molecule has 2 rings (SSSR count). The summed E-state index contributed by atoms with van der Waals surface area (Å²) in [6.45, 7) is 2.52. The van der Waals surface area contributed by atoms with Crippen LogP contribution in [0.1, 0.15) is 23.6 Å². The molecule has 0 aromatic heterocycles. The van der Waals surface area contributed by atoms with Gasteiger partial charge in [0.2, 0.25) is 0 Å². The first kappa shape index (κ1) is 13.5. The minimum absolute atomic E-state index is 0.399. The maximum absolute atomic E-state index is 8.77. The summed E-state index contributed by atoms with van der Waals surface area (Å²) in [6, 6.07) is 15.3. The Morgan fingerprint density at radius 1 is 1.16 bits per heavy atom. The zero-order valence-corrected chi connectivity index (χ0v) is 11.4. The average Bonchev–Trinajstić information content (AvgIpc) is 2.46. The molecule has 0 amide bonds. The van der Waals surface area contributed by atoms with E-state index in [-0.39, 0.29) is 0 Å². The van der Waals surface area contributed by atoms with Crippen molar-refractivity contribution in [3.8, 4) is 11.8 Å². The molecule has 0 saturated carbocycles. The van der Waals surface area contributed by atoms with Gasteiger partial charge in [-0.25, -0.2) is 0 Å². The number of rotatable bonds is 4. The van der Waals surface area contributed by atoms with Gasteiger partial charge in [-0.15, -0.1) is 0 Å². The molecule has 2 nitrogen and oxygen atoms in total. The number of halogens is 1. The number of hydrogen-bond donors (Lipinski definition) is 0. The van der Waals surface area contributed by atoms with Crippen LogP contribution in [0, 0.1) is 11.3 Å². The lowest BCUT2D eigenvalue weighted by atomic mass is 10.1. The Labute approximate surface area is 118 Å². The van der Waals surface area contributed by atoms with Gasteiger partial charge in [-0.1, -0.05) is 36.7 Å². The predicted molar refractivity (Wildman–Crippen MR) is 76.3 cm³/mol. The molecule has 0 aliphatic heterocycles. The van der Waals surface area contributed by atoms with Gasteiger partial charge >= 0.3 is 0 Å². The third-order valence-electron chi connectivity index (χ3n) is 2.91. The van der Waals surface area contributed by atoms with Crippen molar-refractivity contribution in [3.63, 3.8) is 0 Å². The van der Waals surface area contributed by atoms with E-state index in [4.69, 9.17) is 21.6 Å². The summed E-state index contributed by atoms with van der Waals surface area (Å²) in [5.41, 5.74) is 2.71. The summed E-state index contributed by atoms with van der Waals surface area (Å²) in [7, 11) is 0. The van der Waals surface area contributed by atoms with E-state index in [1.807, 2.05) is 18.2 Å². The quantitative estimate of drug-likeness (QED) is 0.828. The van der Waals surface area contributed by atoms with Crippen molar-refractivity contribution in [3.05, 3.63) is 64.2 Å². The summed E-state index contributed by atoms with van der Waals surface area (Å²) in [5, 5.41) is 9.33. The minimum atomic E-state index is 0.399. The number of nitrogens with zero attached hydrogens (tertiary/aromatic N) is 1. The van der Waals surface area contributed by atoms with E-state index in [0.29, 0.717) is 17.2 Å². The Morgan fingerprint density at radius 3 is 2.47 bits per heavy atom. The van der Waals surface area contributed by atoms with Crippen LogP contribution in [0.5, 0.6) is 5.75 Å². The summed E-state index contributed by atoms with van der Waals surface area (Å²) in [5.74, 6) is 0.817. The third kappa shape index (κ3) is 3.49. The molecule has 0 saturated heterocycles. The number of aryl methyl sites for hydroxylation is 1. The summed E-state index contributed by atoms with van der Waals surface area (Å²) in [6.07, 6.45) is 1.02. The van der Waals surface area contributed by atoms with Crippen molar-refractivity contribution in [2.45, 2.75) is 20.0 Å².